The predicted molar refractivity (Wildman–Crippen MR) is 94.4 cm³/mol. The van der Waals surface area contributed by atoms with Crippen molar-refractivity contribution in [3.8, 4) is 17.6 Å². The van der Waals surface area contributed by atoms with Gasteiger partial charge < -0.3 is 14.4 Å². The smallest absolute Gasteiger partial charge is 0.185 e. The van der Waals surface area contributed by atoms with Crippen LogP contribution in [0.25, 0.3) is 0 Å². The van der Waals surface area contributed by atoms with Crippen molar-refractivity contribution in [1.29, 1.82) is 5.26 Å². The lowest BCUT2D eigenvalue weighted by molar-refractivity contribution is 0.373. The van der Waals surface area contributed by atoms with Crippen LogP contribution in [0.2, 0.25) is 0 Å². The monoisotopic (exact) mass is 350 g/mol. The highest BCUT2D eigenvalue weighted by atomic mass is 19.1. The average molecular weight is 350 g/mol. The molecule has 0 radical (unpaired) electrons. The minimum Gasteiger partial charge on any atom is -0.504 e. The molecule has 6 nitrogen and oxygen atoms in total. The van der Waals surface area contributed by atoms with Crippen molar-refractivity contribution in [2.24, 2.45) is 4.99 Å². The van der Waals surface area contributed by atoms with Crippen molar-refractivity contribution < 1.29 is 14.2 Å². The number of nitriles is 1. The molecule has 26 heavy (non-hydrogen) atoms. The fraction of sp³-hybridized carbons (Fsp3) is 0.105. The minimum atomic E-state index is -0.311. The molecule has 0 amide bonds. The second-order valence-electron chi connectivity index (χ2n) is 5.47. The van der Waals surface area contributed by atoms with Crippen molar-refractivity contribution >= 4 is 12.0 Å². The Labute approximate surface area is 149 Å². The Morgan fingerprint density at radius 2 is 2.08 bits per heavy atom. The third-order valence-electron chi connectivity index (χ3n) is 3.72. The second-order valence-corrected chi connectivity index (χ2v) is 5.47. The molecule has 2 aromatic carbocycles. The van der Waals surface area contributed by atoms with Crippen LogP contribution in [0.1, 0.15) is 16.8 Å². The fourth-order valence-corrected chi connectivity index (χ4v) is 2.42. The van der Waals surface area contributed by atoms with E-state index in [2.05, 4.69) is 9.98 Å². The van der Waals surface area contributed by atoms with Crippen molar-refractivity contribution in [2.45, 2.75) is 6.54 Å². The summed E-state index contributed by atoms with van der Waals surface area (Å²) in [6.45, 7) is 0.398. The number of aromatic nitrogens is 2. The van der Waals surface area contributed by atoms with Crippen LogP contribution in [-0.2, 0) is 6.54 Å². The van der Waals surface area contributed by atoms with Gasteiger partial charge in [-0.1, -0.05) is 12.1 Å². The van der Waals surface area contributed by atoms with Gasteiger partial charge in [0.25, 0.3) is 0 Å². The summed E-state index contributed by atoms with van der Waals surface area (Å²) < 4.78 is 19.7. The highest BCUT2D eigenvalue weighted by Crippen LogP contribution is 2.26. The third kappa shape index (κ3) is 3.70. The van der Waals surface area contributed by atoms with Crippen LogP contribution in [-0.4, -0.2) is 28.0 Å². The Morgan fingerprint density at radius 1 is 1.31 bits per heavy atom. The molecule has 0 spiro atoms. The molecule has 130 valence electrons. The molecule has 0 aliphatic rings. The lowest BCUT2D eigenvalue weighted by atomic mass is 10.2. The van der Waals surface area contributed by atoms with E-state index in [1.807, 2.05) is 6.07 Å². The number of halogens is 1. The summed E-state index contributed by atoms with van der Waals surface area (Å²) in [5.74, 6) is 0.430. The zero-order chi connectivity index (χ0) is 18.5. The number of imidazole rings is 1. The van der Waals surface area contributed by atoms with E-state index in [1.165, 1.54) is 37.9 Å². The molecule has 0 aliphatic carbocycles. The summed E-state index contributed by atoms with van der Waals surface area (Å²) >= 11 is 0. The van der Waals surface area contributed by atoms with Crippen molar-refractivity contribution in [3.05, 3.63) is 71.4 Å². The maximum Gasteiger partial charge on any atom is 0.185 e. The number of ether oxygens (including phenoxy) is 1. The van der Waals surface area contributed by atoms with E-state index in [0.717, 1.165) is 5.56 Å². The number of hydrogen-bond donors (Lipinski definition) is 1. The van der Waals surface area contributed by atoms with Crippen molar-refractivity contribution in [1.82, 2.24) is 9.55 Å². The predicted octanol–water partition coefficient (Wildman–Crippen LogP) is 3.41. The summed E-state index contributed by atoms with van der Waals surface area (Å²) in [5, 5.41) is 19.1. The fourth-order valence-electron chi connectivity index (χ4n) is 2.42. The SMILES string of the molecule is COc1ccc(/C=N/c2c(C#N)ncn2Cc2ccc(F)cc2)cc1O. The molecule has 0 bridgehead atoms. The van der Waals surface area contributed by atoms with E-state index in [0.29, 0.717) is 23.7 Å². The van der Waals surface area contributed by atoms with Crippen LogP contribution < -0.4 is 4.74 Å². The van der Waals surface area contributed by atoms with Gasteiger partial charge in [-0.2, -0.15) is 5.26 Å². The molecule has 3 aromatic rings. The molecule has 1 heterocycles. The lowest BCUT2D eigenvalue weighted by Crippen LogP contribution is -1.98. The normalized spacial score (nSPS) is 10.8. The zero-order valence-electron chi connectivity index (χ0n) is 13.9. The third-order valence-corrected chi connectivity index (χ3v) is 3.72. The summed E-state index contributed by atoms with van der Waals surface area (Å²) in [7, 11) is 1.47. The highest BCUT2D eigenvalue weighted by molar-refractivity contribution is 5.83. The first-order chi connectivity index (χ1) is 12.6. The van der Waals surface area contributed by atoms with Crippen LogP contribution in [0.4, 0.5) is 10.2 Å². The molecule has 0 fully saturated rings. The molecular weight excluding hydrogens is 335 g/mol. The van der Waals surface area contributed by atoms with Crippen LogP contribution in [0.3, 0.4) is 0 Å². The number of benzene rings is 2. The minimum absolute atomic E-state index is 0.00298. The Kier molecular flexibility index (Phi) is 4.94. The second kappa shape index (κ2) is 7.49. The number of rotatable bonds is 5. The van der Waals surface area contributed by atoms with Gasteiger partial charge in [0.15, 0.2) is 23.0 Å². The first-order valence-corrected chi connectivity index (χ1v) is 7.71. The molecule has 0 aliphatic heterocycles. The standard InChI is InChI=1S/C19H15FN4O2/c1-26-18-7-4-14(8-17(18)25)10-22-19-16(9-21)23-12-24(19)11-13-2-5-15(20)6-3-13/h2-8,10,12,25H,11H2,1H3/b22-10+. The number of methoxy groups -OCH3 is 1. The molecule has 0 atom stereocenters. The van der Waals surface area contributed by atoms with E-state index in [1.54, 1.807) is 28.8 Å². The number of aromatic hydroxyl groups is 1. The van der Waals surface area contributed by atoms with E-state index < -0.39 is 0 Å². The molecule has 1 N–H and O–H groups in total. The number of phenolic OH excluding ortho intramolecular Hbond substituents is 1. The van der Waals surface area contributed by atoms with Crippen molar-refractivity contribution in [3.63, 3.8) is 0 Å². The summed E-state index contributed by atoms with van der Waals surface area (Å²) in [5.41, 5.74) is 1.68. The molecular formula is C19H15FN4O2. The van der Waals surface area contributed by atoms with Gasteiger partial charge in [0.1, 0.15) is 11.9 Å². The average Bonchev–Trinajstić information content (AvgIpc) is 3.03. The first kappa shape index (κ1) is 17.2. The van der Waals surface area contributed by atoms with Gasteiger partial charge in [-0.3, -0.25) is 0 Å². The molecule has 1 aromatic heterocycles. The number of aliphatic imine (C=N–C) groups is 1. The van der Waals surface area contributed by atoms with Crippen LogP contribution >= 0.6 is 0 Å². The Balaban J connectivity index is 1.89. The molecule has 7 heteroatoms. The summed E-state index contributed by atoms with van der Waals surface area (Å²) in [6.07, 6.45) is 3.04. The maximum atomic E-state index is 13.0. The first-order valence-electron chi connectivity index (χ1n) is 7.71. The zero-order valence-corrected chi connectivity index (χ0v) is 13.9. The van der Waals surface area contributed by atoms with E-state index in [4.69, 9.17) is 4.74 Å². The van der Waals surface area contributed by atoms with E-state index in [9.17, 15) is 14.8 Å². The van der Waals surface area contributed by atoms with Gasteiger partial charge in [-0.05, 0) is 41.5 Å². The lowest BCUT2D eigenvalue weighted by Gasteiger charge is -2.06. The highest BCUT2D eigenvalue weighted by Gasteiger charge is 2.10. The number of nitrogens with zero attached hydrogens (tertiary/aromatic N) is 4. The maximum absolute atomic E-state index is 13.0. The number of hydrogen-bond acceptors (Lipinski definition) is 5. The van der Waals surface area contributed by atoms with Gasteiger partial charge in [0.05, 0.1) is 20.0 Å². The number of phenols is 1. The molecule has 0 unspecified atom stereocenters. The molecule has 3 rings (SSSR count). The van der Waals surface area contributed by atoms with Crippen LogP contribution in [0.5, 0.6) is 11.5 Å². The Hall–Kier alpha value is -3.66. The quantitative estimate of drug-likeness (QED) is 0.715. The largest absolute Gasteiger partial charge is 0.504 e. The van der Waals surface area contributed by atoms with Crippen molar-refractivity contribution in [2.75, 3.05) is 7.11 Å². The van der Waals surface area contributed by atoms with E-state index in [-0.39, 0.29) is 17.3 Å². The van der Waals surface area contributed by atoms with Gasteiger partial charge in [0.2, 0.25) is 0 Å². The van der Waals surface area contributed by atoms with Crippen LogP contribution in [0.15, 0.2) is 53.8 Å². The topological polar surface area (TPSA) is 83.4 Å². The Morgan fingerprint density at radius 3 is 2.73 bits per heavy atom. The van der Waals surface area contributed by atoms with Gasteiger partial charge in [-0.15, -0.1) is 0 Å². The van der Waals surface area contributed by atoms with E-state index >= 15 is 0 Å². The molecule has 0 saturated carbocycles. The summed E-state index contributed by atoms with van der Waals surface area (Å²) in [6, 6.07) is 12.9. The Bertz CT molecular complexity index is 988. The molecule has 0 saturated heterocycles. The van der Waals surface area contributed by atoms with Gasteiger partial charge >= 0.3 is 0 Å². The van der Waals surface area contributed by atoms with Crippen LogP contribution in [0, 0.1) is 17.1 Å². The summed E-state index contributed by atoms with van der Waals surface area (Å²) in [4.78, 5) is 8.39. The van der Waals surface area contributed by atoms with Gasteiger partial charge in [0, 0.05) is 6.21 Å². The van der Waals surface area contributed by atoms with Gasteiger partial charge in [-0.25, -0.2) is 14.4 Å².